The van der Waals surface area contributed by atoms with Crippen LogP contribution in [0.5, 0.6) is 0 Å². The van der Waals surface area contributed by atoms with Crippen LogP contribution in [-0.4, -0.2) is 166 Å². The number of rotatable bonds is 21. The number of benzene rings is 1. The van der Waals surface area contributed by atoms with Crippen LogP contribution in [0.15, 0.2) is 41.9 Å². The number of aliphatic hydroxyl groups excluding tert-OH is 1. The number of aliphatic carboxylic acids is 1. The first-order valence-corrected chi connectivity index (χ1v) is 25.9. The van der Waals surface area contributed by atoms with Crippen molar-refractivity contribution in [1.82, 2.24) is 35.7 Å². The van der Waals surface area contributed by atoms with E-state index in [1.165, 1.54) is 61.1 Å². The predicted octanol–water partition coefficient (Wildman–Crippen LogP) is 1.12. The second kappa shape index (κ2) is 39.7. The molecule has 0 fully saturated rings. The van der Waals surface area contributed by atoms with Crippen molar-refractivity contribution in [3.8, 4) is 11.4 Å². The van der Waals surface area contributed by atoms with Gasteiger partial charge in [0.2, 0.25) is 30.0 Å². The van der Waals surface area contributed by atoms with Gasteiger partial charge in [-0.3, -0.25) is 38.4 Å². The number of likely N-dealkylation sites (N-methyl/N-ethyl adjacent to an activating group) is 3. The summed E-state index contributed by atoms with van der Waals surface area (Å²) in [6.45, 7) is 11.4. The number of nitrogens with two attached hydrogens (primary N) is 2. The number of fused-ring (bicyclic) bond motifs is 4. The van der Waals surface area contributed by atoms with E-state index in [2.05, 4.69) is 33.6 Å². The number of halogens is 1. The molecular formula is C49H71FN10O13PbW-. The molecule has 1 aromatic carbocycles. The van der Waals surface area contributed by atoms with E-state index in [4.69, 9.17) is 40.9 Å². The van der Waals surface area contributed by atoms with Crippen LogP contribution in [0.1, 0.15) is 85.4 Å². The molecule has 0 spiro atoms. The van der Waals surface area contributed by atoms with Gasteiger partial charge in [-0.15, -0.1) is 0 Å². The Balaban J connectivity index is 0. The number of hydrogen-bond acceptors (Lipinski definition) is 15. The number of carbonyl (C=O) groups is 8. The molecule has 26 heteroatoms. The second-order valence-corrected chi connectivity index (χ2v) is 17.7. The fourth-order valence-corrected chi connectivity index (χ4v) is 7.82. The number of nitrogens with one attached hydrogen (secondary N) is 5. The van der Waals surface area contributed by atoms with Gasteiger partial charge in [-0.05, 0) is 94.4 Å². The smallest absolute Gasteiger partial charge is 0 e. The molecular weight excluding hydrogens is 1350 g/mol. The number of methoxy groups -OCH3 is 1. The molecule has 1 aliphatic heterocycles. The number of carboxylic acid groups (broad SMARTS) is 1. The molecule has 23 nitrogen and oxygen atoms in total. The molecule has 3 unspecified atom stereocenters. The molecule has 413 valence electrons. The molecule has 0 saturated carbocycles. The summed E-state index contributed by atoms with van der Waals surface area (Å²) in [4.78, 5) is 105. The number of primary amides is 2. The Morgan fingerprint density at radius 1 is 1.15 bits per heavy atom. The first-order chi connectivity index (χ1) is 35.2. The summed E-state index contributed by atoms with van der Waals surface area (Å²) in [5.74, 6) is -2.96. The number of hydrogen-bond donors (Lipinski definition) is 8. The third-order valence-electron chi connectivity index (χ3n) is 10.6. The minimum atomic E-state index is -0.822. The van der Waals surface area contributed by atoms with Gasteiger partial charge in [-0.1, -0.05) is 13.5 Å². The minimum Gasteiger partial charge on any atom is 0 e. The molecule has 0 bridgehead atoms. The van der Waals surface area contributed by atoms with E-state index in [-0.39, 0.29) is 102 Å². The third kappa shape index (κ3) is 23.4. The molecule has 0 saturated heterocycles. The van der Waals surface area contributed by atoms with E-state index in [0.717, 1.165) is 46.9 Å². The number of carboxylic acids is 1. The third-order valence-corrected chi connectivity index (χ3v) is 12.0. The van der Waals surface area contributed by atoms with Gasteiger partial charge in [0.15, 0.2) is 0 Å². The molecule has 3 radical (unpaired) electrons. The van der Waals surface area contributed by atoms with Crippen LogP contribution in [-0.2, 0) is 88.5 Å². The van der Waals surface area contributed by atoms with Gasteiger partial charge in [0.05, 0.1) is 55.7 Å². The van der Waals surface area contributed by atoms with Gasteiger partial charge in [0.1, 0.15) is 24.5 Å². The Morgan fingerprint density at radius 3 is 2.25 bits per heavy atom. The summed E-state index contributed by atoms with van der Waals surface area (Å²) in [6.07, 6.45) is 7.05. The molecule has 3 heterocycles. The van der Waals surface area contributed by atoms with Crippen LogP contribution in [0.2, 0.25) is 3.98 Å². The van der Waals surface area contributed by atoms with E-state index in [1.807, 2.05) is 13.0 Å². The standard InChI is InChI=1S/C29H32FN4O5.C9H14N2O3.C4H8N2O.C3H7NO2.C3H7O.CH3NO.Pb.W/c1-5-16(11-35)18-8-24-27-19(10-34(24)29(37)20(18)12-38-4)26-22(33-28(36)15(3)39-13-31)7-6-17-14(2)21(30)9-23(32-27)25(17)26;1-3-10-8(13)7-11(2)9(14)5-4-6-12;1-2-6-3-4(5)7;1-4-2-3(5)6;1-2-3-4;2-1-3;;/h8-9,11,15-16,22,31H,5-7,10,12-13H2,1-4H3,(H,33,36);4-6H,3,7H2,1-2H3,(H,10,13);2,6H,1,3H2,(H2,5,7);4H,2H2,1H3,(H,5,6);4H,1-3H2;1H,(H2,2,3);;/q-1;;;;;;;/b;5-4-;;;;;;. The first-order valence-electron chi connectivity index (χ1n) is 23.2. The van der Waals surface area contributed by atoms with Crippen LogP contribution < -0.4 is 38.3 Å². The van der Waals surface area contributed by atoms with Crippen LogP contribution in [0.4, 0.5) is 4.39 Å². The molecule has 1 aliphatic carbocycles. The number of aliphatic hydroxyl groups is 1. The number of amides is 5. The van der Waals surface area contributed by atoms with Crippen molar-refractivity contribution in [1.29, 1.82) is 0 Å². The van der Waals surface area contributed by atoms with Crippen molar-refractivity contribution in [2.75, 3.05) is 60.7 Å². The van der Waals surface area contributed by atoms with E-state index >= 15 is 4.39 Å². The van der Waals surface area contributed by atoms with Crippen molar-refractivity contribution >= 4 is 85.3 Å². The van der Waals surface area contributed by atoms with Crippen LogP contribution in [0.3, 0.4) is 0 Å². The van der Waals surface area contributed by atoms with E-state index < -0.39 is 24.0 Å². The maximum atomic E-state index is 15.0. The molecule has 5 rings (SSSR count). The molecule has 3 aromatic rings. The first kappa shape index (κ1) is 71.4. The second-order valence-electron chi connectivity index (χ2n) is 15.8. The number of allylic oxidation sites excluding steroid dienone is 1. The maximum absolute atomic E-state index is 15.0. The van der Waals surface area contributed by atoms with Crippen LogP contribution in [0, 0.1) is 12.7 Å². The number of carbonyl (C=O) groups excluding carboxylic acids is 7. The molecule has 3 atom stereocenters. The van der Waals surface area contributed by atoms with Crippen LogP contribution >= 0.6 is 0 Å². The Kier molecular flexibility index (Phi) is 37.8. The fourth-order valence-electron chi connectivity index (χ4n) is 7.21. The Labute approximate surface area is 466 Å². The number of aromatic nitrogens is 2. The number of pyridine rings is 2. The van der Waals surface area contributed by atoms with Crippen molar-refractivity contribution in [3.05, 3.63) is 92.3 Å². The summed E-state index contributed by atoms with van der Waals surface area (Å²) >= 11 is 1.24. The average Bonchev–Trinajstić information content (AvgIpc) is 3.73. The van der Waals surface area contributed by atoms with E-state index in [9.17, 15) is 38.4 Å². The van der Waals surface area contributed by atoms with Gasteiger partial charge in [0.25, 0.3) is 5.56 Å². The quantitative estimate of drug-likeness (QED) is 0.0329. The number of aryl methyl sites for hydroxylation is 1. The summed E-state index contributed by atoms with van der Waals surface area (Å²) in [5.41, 5.74) is 21.6. The Morgan fingerprint density at radius 2 is 1.80 bits per heavy atom. The Hall–Kier alpha value is -5.64. The fraction of sp³-hybridized carbons (Fsp3) is 0.469. The summed E-state index contributed by atoms with van der Waals surface area (Å²) in [6, 6.07) is 2.84. The van der Waals surface area contributed by atoms with Crippen molar-refractivity contribution in [2.24, 2.45) is 11.5 Å². The zero-order valence-corrected chi connectivity index (χ0v) is 50.2. The summed E-state index contributed by atoms with van der Waals surface area (Å²) < 4.78 is 28.4. The van der Waals surface area contributed by atoms with Crippen molar-refractivity contribution in [3.63, 3.8) is 0 Å². The Bertz CT molecular complexity index is 2460. The maximum Gasteiger partial charge on any atom is 0 e. The van der Waals surface area contributed by atoms with Gasteiger partial charge < -0.3 is 67.3 Å². The zero-order valence-electron chi connectivity index (χ0n) is 43.4. The molecule has 5 amide bonds. The largest absolute Gasteiger partial charge is 0 e. The van der Waals surface area contributed by atoms with E-state index in [1.54, 1.807) is 32.4 Å². The van der Waals surface area contributed by atoms with Gasteiger partial charge in [-0.2, -0.15) is 0 Å². The zero-order chi connectivity index (χ0) is 56.5. The average molecular weight is 1420 g/mol. The number of ether oxygens (including phenoxy) is 2. The van der Waals surface area contributed by atoms with Crippen LogP contribution in [0.25, 0.3) is 28.0 Å². The minimum absolute atomic E-state index is 0. The molecule has 75 heavy (non-hydrogen) atoms. The van der Waals surface area contributed by atoms with Crippen molar-refractivity contribution in [2.45, 2.75) is 88.6 Å². The summed E-state index contributed by atoms with van der Waals surface area (Å²) in [5, 5.41) is 27.4. The number of aldehydes is 2. The molecule has 11 N–H and O–H groups in total. The van der Waals surface area contributed by atoms with Gasteiger partial charge >= 0.3 is 53.9 Å². The summed E-state index contributed by atoms with van der Waals surface area (Å²) in [7, 11) is 4.59. The van der Waals surface area contributed by atoms with Gasteiger partial charge in [0, 0.05) is 76.3 Å². The number of nitrogens with zero attached hydrogens (tertiary/aromatic N) is 3. The topological polar surface area (TPSA) is 358 Å². The van der Waals surface area contributed by atoms with E-state index in [0.29, 0.717) is 72.3 Å². The predicted molar refractivity (Wildman–Crippen MR) is 277 cm³/mol. The molecule has 2 aliphatic rings. The normalized spacial score (nSPS) is 12.8. The van der Waals surface area contributed by atoms with Crippen molar-refractivity contribution < 1.29 is 83.5 Å². The SMILES string of the molecule is C=CNCC(N)=O.CCC(C=O)c1cc2n(c(=O)c1COC)Cc1c-2nc2cc(F)c(C)c3c2c1C(NC(=O)C(C)OC[NH-])CC3.CCNC(=O)CN(C)C(=O)/C=C\C=O.CNCC(=O)O.NC=O.OCC[CH2][Pb].[W]. The molecule has 2 aromatic heterocycles. The monoisotopic (exact) mass is 1420 g/mol. The van der Waals surface area contributed by atoms with Gasteiger partial charge in [-0.25, -0.2) is 9.37 Å².